The van der Waals surface area contributed by atoms with E-state index in [9.17, 15) is 14.0 Å². The molecular weight excluding hydrogens is 463 g/mol. The highest BCUT2D eigenvalue weighted by molar-refractivity contribution is 9.10. The van der Waals surface area contributed by atoms with E-state index in [-0.39, 0.29) is 19.1 Å². The van der Waals surface area contributed by atoms with Crippen LogP contribution in [0, 0.1) is 5.82 Å². The van der Waals surface area contributed by atoms with Crippen molar-refractivity contribution in [3.63, 3.8) is 0 Å². The molecule has 2 amide bonds. The van der Waals surface area contributed by atoms with Gasteiger partial charge in [0.15, 0.2) is 6.61 Å². The molecule has 0 aromatic heterocycles. The van der Waals surface area contributed by atoms with Crippen molar-refractivity contribution in [3.8, 4) is 5.75 Å². The Morgan fingerprint density at radius 2 is 1.94 bits per heavy atom. The maximum absolute atomic E-state index is 14.2. The van der Waals surface area contributed by atoms with Crippen LogP contribution < -0.4 is 10.1 Å². The van der Waals surface area contributed by atoms with Crippen molar-refractivity contribution in [2.45, 2.75) is 52.6 Å². The van der Waals surface area contributed by atoms with E-state index < -0.39 is 17.8 Å². The van der Waals surface area contributed by atoms with E-state index in [2.05, 4.69) is 28.2 Å². The Morgan fingerprint density at radius 1 is 1.19 bits per heavy atom. The Kier molecular flexibility index (Phi) is 9.98. The fourth-order valence-corrected chi connectivity index (χ4v) is 3.57. The number of amides is 2. The number of hydrogen-bond acceptors (Lipinski definition) is 3. The molecule has 0 saturated carbocycles. The number of nitrogens with zero attached hydrogens (tertiary/aromatic N) is 1. The lowest BCUT2D eigenvalue weighted by atomic mass is 10.1. The van der Waals surface area contributed by atoms with Gasteiger partial charge >= 0.3 is 0 Å². The topological polar surface area (TPSA) is 58.6 Å². The average Bonchev–Trinajstić information content (AvgIpc) is 2.77. The normalized spacial score (nSPS) is 11.6. The van der Waals surface area contributed by atoms with Crippen LogP contribution in [0.15, 0.2) is 46.9 Å². The summed E-state index contributed by atoms with van der Waals surface area (Å²) in [5.74, 6) is -0.548. The molecule has 0 saturated heterocycles. The minimum absolute atomic E-state index is 0.0207. The first-order valence-corrected chi connectivity index (χ1v) is 11.4. The highest BCUT2D eigenvalue weighted by Crippen LogP contribution is 2.26. The molecule has 0 aliphatic rings. The average molecular weight is 493 g/mol. The molecule has 0 unspecified atom stereocenters. The van der Waals surface area contributed by atoms with Crippen molar-refractivity contribution >= 4 is 27.7 Å². The molecule has 0 radical (unpaired) electrons. The van der Waals surface area contributed by atoms with Gasteiger partial charge in [0.25, 0.3) is 5.91 Å². The zero-order valence-corrected chi connectivity index (χ0v) is 19.9. The summed E-state index contributed by atoms with van der Waals surface area (Å²) in [6, 6.07) is 11.2. The van der Waals surface area contributed by atoms with Gasteiger partial charge in [-0.1, -0.05) is 44.5 Å². The number of aryl methyl sites for hydroxylation is 1. The van der Waals surface area contributed by atoms with Crippen molar-refractivity contribution in [2.75, 3.05) is 13.2 Å². The molecule has 1 N–H and O–H groups in total. The third-order valence-electron chi connectivity index (χ3n) is 5.05. The van der Waals surface area contributed by atoms with Crippen LogP contribution in [0.5, 0.6) is 5.75 Å². The Bertz CT molecular complexity index is 891. The Morgan fingerprint density at radius 3 is 2.58 bits per heavy atom. The van der Waals surface area contributed by atoms with Crippen molar-refractivity contribution in [1.82, 2.24) is 10.2 Å². The van der Waals surface area contributed by atoms with Gasteiger partial charge in [0.2, 0.25) is 5.91 Å². The number of carbonyl (C=O) groups excluding carboxylic acids is 2. The van der Waals surface area contributed by atoms with Crippen molar-refractivity contribution in [1.29, 1.82) is 0 Å². The van der Waals surface area contributed by atoms with Gasteiger partial charge in [0.1, 0.15) is 17.6 Å². The number of rotatable bonds is 11. The third kappa shape index (κ3) is 7.35. The largest absolute Gasteiger partial charge is 0.483 e. The van der Waals surface area contributed by atoms with E-state index in [1.807, 2.05) is 19.1 Å². The van der Waals surface area contributed by atoms with E-state index in [1.165, 1.54) is 11.0 Å². The molecule has 31 heavy (non-hydrogen) atoms. The smallest absolute Gasteiger partial charge is 0.261 e. The molecule has 1 atom stereocenters. The van der Waals surface area contributed by atoms with E-state index >= 15 is 0 Å². The predicted octanol–water partition coefficient (Wildman–Crippen LogP) is 4.86. The summed E-state index contributed by atoms with van der Waals surface area (Å²) in [6.45, 7) is 5.99. The van der Waals surface area contributed by atoms with Crippen LogP contribution in [0.2, 0.25) is 0 Å². The summed E-state index contributed by atoms with van der Waals surface area (Å²) < 4.78 is 20.7. The zero-order chi connectivity index (χ0) is 22.8. The SMILES string of the molecule is CCCCNC(=O)[C@H](C)N(Cc1ccccc1F)C(=O)COc1ccc(CC)cc1Br. The first-order chi connectivity index (χ1) is 14.9. The van der Waals surface area contributed by atoms with Gasteiger partial charge in [-0.3, -0.25) is 9.59 Å². The van der Waals surface area contributed by atoms with Crippen LogP contribution in [0.4, 0.5) is 4.39 Å². The van der Waals surface area contributed by atoms with Crippen LogP contribution in [-0.2, 0) is 22.6 Å². The number of ether oxygens (including phenoxy) is 1. The summed E-state index contributed by atoms with van der Waals surface area (Å²) in [4.78, 5) is 27.0. The van der Waals surface area contributed by atoms with Crippen LogP contribution in [0.25, 0.3) is 0 Å². The third-order valence-corrected chi connectivity index (χ3v) is 5.67. The fourth-order valence-electron chi connectivity index (χ4n) is 3.03. The first kappa shape index (κ1) is 24.9. The van der Waals surface area contributed by atoms with Gasteiger partial charge < -0.3 is 15.0 Å². The van der Waals surface area contributed by atoms with E-state index in [0.717, 1.165) is 29.3 Å². The Balaban J connectivity index is 2.15. The molecule has 2 rings (SSSR count). The molecule has 0 bridgehead atoms. The number of carbonyl (C=O) groups is 2. The number of nitrogens with one attached hydrogen (secondary N) is 1. The van der Waals surface area contributed by atoms with Crippen molar-refractivity contribution in [2.24, 2.45) is 0 Å². The molecule has 7 heteroatoms. The van der Waals surface area contributed by atoms with Gasteiger partial charge in [0, 0.05) is 18.7 Å². The van der Waals surface area contributed by atoms with Crippen LogP contribution in [0.1, 0.15) is 44.7 Å². The van der Waals surface area contributed by atoms with Gasteiger partial charge in [-0.2, -0.15) is 0 Å². The summed E-state index contributed by atoms with van der Waals surface area (Å²) in [7, 11) is 0. The Labute approximate surface area is 192 Å². The summed E-state index contributed by atoms with van der Waals surface area (Å²) in [5.41, 5.74) is 1.49. The molecule has 0 heterocycles. The van der Waals surface area contributed by atoms with Gasteiger partial charge in [-0.15, -0.1) is 0 Å². The van der Waals surface area contributed by atoms with Gasteiger partial charge in [-0.05, 0) is 59.5 Å². The minimum Gasteiger partial charge on any atom is -0.483 e. The van der Waals surface area contributed by atoms with Crippen LogP contribution >= 0.6 is 15.9 Å². The first-order valence-electron chi connectivity index (χ1n) is 10.6. The van der Waals surface area contributed by atoms with Crippen molar-refractivity contribution in [3.05, 3.63) is 63.9 Å². The molecule has 0 fully saturated rings. The van der Waals surface area contributed by atoms with E-state index in [1.54, 1.807) is 31.2 Å². The molecule has 0 spiro atoms. The molecule has 2 aromatic carbocycles. The lowest BCUT2D eigenvalue weighted by Crippen LogP contribution is -2.49. The van der Waals surface area contributed by atoms with E-state index in [0.29, 0.717) is 17.9 Å². The predicted molar refractivity (Wildman–Crippen MR) is 123 cm³/mol. The summed E-state index contributed by atoms with van der Waals surface area (Å²) in [6.07, 6.45) is 2.69. The highest BCUT2D eigenvalue weighted by atomic mass is 79.9. The molecular formula is C24H30BrFN2O3. The van der Waals surface area contributed by atoms with E-state index in [4.69, 9.17) is 4.74 Å². The minimum atomic E-state index is -0.765. The number of halogens is 2. The summed E-state index contributed by atoms with van der Waals surface area (Å²) in [5, 5.41) is 2.84. The van der Waals surface area contributed by atoms with Crippen LogP contribution in [-0.4, -0.2) is 35.9 Å². The zero-order valence-electron chi connectivity index (χ0n) is 18.3. The highest BCUT2D eigenvalue weighted by Gasteiger charge is 2.27. The second-order valence-corrected chi connectivity index (χ2v) is 8.19. The second-order valence-electron chi connectivity index (χ2n) is 7.34. The summed E-state index contributed by atoms with van der Waals surface area (Å²) >= 11 is 3.46. The molecule has 0 aliphatic heterocycles. The molecule has 5 nitrogen and oxygen atoms in total. The standard InChI is InChI=1S/C24H30BrFN2O3/c1-4-6-13-27-24(30)17(3)28(15-19-9-7-8-10-21(19)26)23(29)16-31-22-12-11-18(5-2)14-20(22)25/h7-12,14,17H,4-6,13,15-16H2,1-3H3,(H,27,30)/t17-/m0/s1. The van der Waals surface area contributed by atoms with Gasteiger partial charge in [0.05, 0.1) is 4.47 Å². The quantitative estimate of drug-likeness (QED) is 0.455. The number of benzene rings is 2. The molecule has 2 aromatic rings. The van der Waals surface area contributed by atoms with Crippen LogP contribution in [0.3, 0.4) is 0 Å². The maximum Gasteiger partial charge on any atom is 0.261 e. The monoisotopic (exact) mass is 492 g/mol. The number of hydrogen-bond donors (Lipinski definition) is 1. The maximum atomic E-state index is 14.2. The number of unbranched alkanes of at least 4 members (excludes halogenated alkanes) is 1. The second kappa shape index (κ2) is 12.4. The molecule has 168 valence electrons. The lowest BCUT2D eigenvalue weighted by Gasteiger charge is -2.29. The fraction of sp³-hybridized carbons (Fsp3) is 0.417. The molecule has 0 aliphatic carbocycles. The van der Waals surface area contributed by atoms with Gasteiger partial charge in [-0.25, -0.2) is 4.39 Å². The lowest BCUT2D eigenvalue weighted by molar-refractivity contribution is -0.142. The Hall–Kier alpha value is -2.41. The van der Waals surface area contributed by atoms with Crippen molar-refractivity contribution < 1.29 is 18.7 Å².